The van der Waals surface area contributed by atoms with Gasteiger partial charge in [0.25, 0.3) is 0 Å². The molecular weight excluding hydrogens is 210 g/mol. The second-order valence-electron chi connectivity index (χ2n) is 5.43. The second-order valence-corrected chi connectivity index (χ2v) is 5.43. The number of rotatable bonds is 1. The summed E-state index contributed by atoms with van der Waals surface area (Å²) >= 11 is 0. The van der Waals surface area contributed by atoms with Crippen LogP contribution >= 0.6 is 0 Å². The fraction of sp³-hybridized carbons (Fsp3) is 0.600. The van der Waals surface area contributed by atoms with E-state index in [1.807, 2.05) is 12.1 Å². The van der Waals surface area contributed by atoms with Gasteiger partial charge in [-0.05, 0) is 24.8 Å². The van der Waals surface area contributed by atoms with Crippen molar-refractivity contribution in [3.05, 3.63) is 29.8 Å². The zero-order chi connectivity index (χ0) is 11.7. The quantitative estimate of drug-likeness (QED) is 0.803. The second kappa shape index (κ2) is 4.69. The maximum atomic E-state index is 6.26. The molecule has 0 aromatic heterocycles. The van der Waals surface area contributed by atoms with Crippen LogP contribution in [0, 0.1) is 5.92 Å². The van der Waals surface area contributed by atoms with Crippen LogP contribution in [-0.2, 0) is 0 Å². The van der Waals surface area contributed by atoms with Crippen molar-refractivity contribution in [2.24, 2.45) is 11.7 Å². The van der Waals surface area contributed by atoms with Crippen LogP contribution < -0.4 is 10.5 Å². The molecule has 1 aromatic carbocycles. The van der Waals surface area contributed by atoms with Crippen LogP contribution in [0.4, 0.5) is 0 Å². The van der Waals surface area contributed by atoms with Crippen molar-refractivity contribution in [2.45, 2.75) is 50.7 Å². The number of ether oxygens (including phenoxy) is 1. The highest BCUT2D eigenvalue weighted by Gasteiger charge is 2.32. The minimum absolute atomic E-state index is 0.159. The molecule has 17 heavy (non-hydrogen) atoms. The van der Waals surface area contributed by atoms with Crippen LogP contribution in [0.25, 0.3) is 0 Å². The number of hydrogen-bond donors (Lipinski definition) is 1. The van der Waals surface area contributed by atoms with E-state index in [2.05, 4.69) is 12.1 Å². The van der Waals surface area contributed by atoms with E-state index in [0.29, 0.717) is 6.10 Å². The van der Waals surface area contributed by atoms with E-state index in [9.17, 15) is 0 Å². The Hall–Kier alpha value is -1.02. The molecule has 1 saturated carbocycles. The van der Waals surface area contributed by atoms with E-state index >= 15 is 0 Å². The van der Waals surface area contributed by atoms with Crippen molar-refractivity contribution in [1.82, 2.24) is 0 Å². The van der Waals surface area contributed by atoms with Crippen LogP contribution in [0.2, 0.25) is 0 Å². The molecule has 2 atom stereocenters. The Bertz CT molecular complexity index is 384. The summed E-state index contributed by atoms with van der Waals surface area (Å²) < 4.78 is 6.16. The lowest BCUT2D eigenvalue weighted by molar-refractivity contribution is 0.0784. The van der Waals surface area contributed by atoms with E-state index in [4.69, 9.17) is 10.5 Å². The molecule has 1 aromatic rings. The summed E-state index contributed by atoms with van der Waals surface area (Å²) in [7, 11) is 0. The molecule has 0 radical (unpaired) electrons. The largest absolute Gasteiger partial charge is 0.490 e. The van der Waals surface area contributed by atoms with Gasteiger partial charge in [-0.1, -0.05) is 37.5 Å². The Morgan fingerprint density at radius 2 is 1.82 bits per heavy atom. The van der Waals surface area contributed by atoms with E-state index in [-0.39, 0.29) is 6.04 Å². The molecule has 1 aliphatic heterocycles. The number of fused-ring (bicyclic) bond motifs is 1. The highest BCUT2D eigenvalue weighted by atomic mass is 16.5. The first-order chi connectivity index (χ1) is 8.34. The smallest absolute Gasteiger partial charge is 0.124 e. The predicted molar refractivity (Wildman–Crippen MR) is 69.0 cm³/mol. The van der Waals surface area contributed by atoms with Crippen molar-refractivity contribution < 1.29 is 4.74 Å². The van der Waals surface area contributed by atoms with Gasteiger partial charge in [0.05, 0.1) is 0 Å². The molecule has 0 saturated heterocycles. The first-order valence-electron chi connectivity index (χ1n) is 6.86. The lowest BCUT2D eigenvalue weighted by Gasteiger charge is -2.36. The Morgan fingerprint density at radius 3 is 2.65 bits per heavy atom. The molecule has 0 bridgehead atoms. The fourth-order valence-electron chi connectivity index (χ4n) is 3.28. The van der Waals surface area contributed by atoms with E-state index < -0.39 is 0 Å². The molecule has 2 nitrogen and oxygen atoms in total. The van der Waals surface area contributed by atoms with Crippen LogP contribution in [0.5, 0.6) is 5.75 Å². The van der Waals surface area contributed by atoms with E-state index in [1.165, 1.54) is 37.7 Å². The third-order valence-corrected chi connectivity index (χ3v) is 4.26. The summed E-state index contributed by atoms with van der Waals surface area (Å²) in [6, 6.07) is 8.39. The topological polar surface area (TPSA) is 35.2 Å². The lowest BCUT2D eigenvalue weighted by atomic mass is 9.81. The maximum Gasteiger partial charge on any atom is 0.124 e. The molecule has 92 valence electrons. The van der Waals surface area contributed by atoms with Crippen molar-refractivity contribution in [2.75, 3.05) is 0 Å². The monoisotopic (exact) mass is 231 g/mol. The summed E-state index contributed by atoms with van der Waals surface area (Å²) in [4.78, 5) is 0. The average Bonchev–Trinajstić information content (AvgIpc) is 2.40. The molecule has 1 heterocycles. The number of hydrogen-bond acceptors (Lipinski definition) is 2. The minimum atomic E-state index is 0.159. The third kappa shape index (κ3) is 2.19. The molecule has 0 spiro atoms. The van der Waals surface area contributed by atoms with Crippen molar-refractivity contribution in [1.29, 1.82) is 0 Å². The van der Waals surface area contributed by atoms with Gasteiger partial charge in [0, 0.05) is 18.0 Å². The standard InChI is InChI=1S/C15H21NO/c16-13-10-15(11-6-2-1-3-7-11)17-14-9-5-4-8-12(13)14/h4-5,8-9,11,13,15H,1-3,6-7,10,16H2/t13-,15?/m1/s1. The van der Waals surface area contributed by atoms with Gasteiger partial charge in [-0.25, -0.2) is 0 Å². The number of benzene rings is 1. The van der Waals surface area contributed by atoms with Crippen molar-refractivity contribution in [3.8, 4) is 5.75 Å². The molecule has 1 unspecified atom stereocenters. The first-order valence-corrected chi connectivity index (χ1v) is 6.86. The Morgan fingerprint density at radius 1 is 1.06 bits per heavy atom. The molecule has 0 amide bonds. The van der Waals surface area contributed by atoms with E-state index in [1.54, 1.807) is 0 Å². The molecule has 2 N–H and O–H groups in total. The molecular formula is C15H21NO. The minimum Gasteiger partial charge on any atom is -0.490 e. The van der Waals surface area contributed by atoms with Crippen molar-refractivity contribution >= 4 is 0 Å². The van der Waals surface area contributed by atoms with Gasteiger partial charge in [0.15, 0.2) is 0 Å². The average molecular weight is 231 g/mol. The number of para-hydroxylation sites is 1. The summed E-state index contributed by atoms with van der Waals surface area (Å²) in [5.74, 6) is 1.74. The Balaban J connectivity index is 1.78. The van der Waals surface area contributed by atoms with Gasteiger partial charge in [0.2, 0.25) is 0 Å². The maximum absolute atomic E-state index is 6.26. The summed E-state index contributed by atoms with van der Waals surface area (Å²) in [5, 5.41) is 0. The zero-order valence-corrected chi connectivity index (χ0v) is 10.3. The van der Waals surface area contributed by atoms with Gasteiger partial charge in [0.1, 0.15) is 11.9 Å². The molecule has 1 aliphatic carbocycles. The van der Waals surface area contributed by atoms with Crippen molar-refractivity contribution in [3.63, 3.8) is 0 Å². The molecule has 2 heteroatoms. The molecule has 3 rings (SSSR count). The SMILES string of the molecule is N[C@@H]1CC(C2CCCCC2)Oc2ccccc21. The highest BCUT2D eigenvalue weighted by Crippen LogP contribution is 2.39. The lowest BCUT2D eigenvalue weighted by Crippen LogP contribution is -2.36. The van der Waals surface area contributed by atoms with Crippen LogP contribution in [-0.4, -0.2) is 6.10 Å². The normalized spacial score (nSPS) is 29.5. The van der Waals surface area contributed by atoms with Gasteiger partial charge in [-0.15, -0.1) is 0 Å². The summed E-state index contributed by atoms with van der Waals surface area (Å²) in [5.41, 5.74) is 7.44. The summed E-state index contributed by atoms with van der Waals surface area (Å²) in [6.07, 6.45) is 8.09. The third-order valence-electron chi connectivity index (χ3n) is 4.26. The summed E-state index contributed by atoms with van der Waals surface area (Å²) in [6.45, 7) is 0. The van der Waals surface area contributed by atoms with Crippen LogP contribution in [0.1, 0.15) is 50.1 Å². The predicted octanol–water partition coefficient (Wildman–Crippen LogP) is 3.42. The van der Waals surface area contributed by atoms with Gasteiger partial charge in [-0.2, -0.15) is 0 Å². The highest BCUT2D eigenvalue weighted by molar-refractivity contribution is 5.37. The first kappa shape index (κ1) is 11.1. The van der Waals surface area contributed by atoms with Crippen LogP contribution in [0.3, 0.4) is 0 Å². The number of nitrogens with two attached hydrogens (primary N) is 1. The Labute approximate surface area is 103 Å². The Kier molecular flexibility index (Phi) is 3.06. The van der Waals surface area contributed by atoms with Gasteiger partial charge < -0.3 is 10.5 Å². The van der Waals surface area contributed by atoms with Crippen LogP contribution in [0.15, 0.2) is 24.3 Å². The molecule has 1 fully saturated rings. The fourth-order valence-corrected chi connectivity index (χ4v) is 3.28. The van der Waals surface area contributed by atoms with Gasteiger partial charge >= 0.3 is 0 Å². The zero-order valence-electron chi connectivity index (χ0n) is 10.3. The molecule has 2 aliphatic rings. The van der Waals surface area contributed by atoms with E-state index in [0.717, 1.165) is 18.1 Å². The van der Waals surface area contributed by atoms with Gasteiger partial charge in [-0.3, -0.25) is 0 Å².